The average molecular weight is 662 g/mol. The third-order valence-corrected chi connectivity index (χ3v) is 28.0. The highest BCUT2D eigenvalue weighted by molar-refractivity contribution is 7.65. The first-order valence-corrected chi connectivity index (χ1v) is 22.2. The number of hydrogen-bond acceptors (Lipinski definition) is 4. The molecule has 0 amide bonds. The van der Waals surface area contributed by atoms with Crippen LogP contribution in [0, 0.1) is 21.7 Å². The zero-order chi connectivity index (χ0) is 32.6. The molecule has 4 rings (SSSR count). The molecular formula is C35H58Cl2N4Si2. The topological polar surface area (TPSA) is 13.0 Å². The third kappa shape index (κ3) is 6.24. The molecule has 0 atom stereocenters. The summed E-state index contributed by atoms with van der Waals surface area (Å²) in [6.07, 6.45) is 0. The number of hydrogen-bond donors (Lipinski definition) is 0. The zero-order valence-electron chi connectivity index (χ0n) is 29.5. The third-order valence-electron chi connectivity index (χ3n) is 8.23. The van der Waals surface area contributed by atoms with Crippen molar-refractivity contribution in [3.8, 4) is 0 Å². The molecule has 0 bridgehead atoms. The van der Waals surface area contributed by atoms with Gasteiger partial charge in [-0.1, -0.05) is 107 Å². The highest BCUT2D eigenvalue weighted by atomic mass is 35.6. The predicted octanol–water partition coefficient (Wildman–Crippen LogP) is 10.1. The van der Waals surface area contributed by atoms with Gasteiger partial charge in [0.15, 0.2) is 0 Å². The van der Waals surface area contributed by atoms with Gasteiger partial charge in [0, 0.05) is 26.2 Å². The summed E-state index contributed by atoms with van der Waals surface area (Å²) >= 11 is 17.0. The van der Waals surface area contributed by atoms with Gasteiger partial charge in [0.05, 0.1) is 27.2 Å². The lowest BCUT2D eigenvalue weighted by Crippen LogP contribution is -2.93. The van der Waals surface area contributed by atoms with Crippen LogP contribution in [0.15, 0.2) is 48.5 Å². The first-order valence-electron chi connectivity index (χ1n) is 16.0. The molecular weight excluding hydrogens is 603 g/mol. The van der Waals surface area contributed by atoms with Crippen LogP contribution in [0.1, 0.15) is 96.9 Å². The van der Waals surface area contributed by atoms with Gasteiger partial charge >= 0.3 is 15.1 Å². The van der Waals surface area contributed by atoms with Crippen LogP contribution in [-0.2, 0) is 0 Å². The fourth-order valence-corrected chi connectivity index (χ4v) is 32.2. The number of anilines is 4. The average Bonchev–Trinajstić information content (AvgIpc) is 3.19. The van der Waals surface area contributed by atoms with E-state index in [1.165, 1.54) is 22.7 Å². The summed E-state index contributed by atoms with van der Waals surface area (Å²) in [5, 5.41) is 0. The number of alkyl halides is 1. The fraction of sp³-hybridized carbons (Fsp3) is 0.657. The minimum Gasteiger partial charge on any atom is -0.376 e. The van der Waals surface area contributed by atoms with E-state index in [2.05, 4.69) is 164 Å². The summed E-state index contributed by atoms with van der Waals surface area (Å²) in [5.41, 5.74) is 5.22. The van der Waals surface area contributed by atoms with E-state index in [9.17, 15) is 0 Å². The van der Waals surface area contributed by atoms with Crippen molar-refractivity contribution in [2.75, 3.05) is 44.4 Å². The Labute approximate surface area is 275 Å². The maximum atomic E-state index is 8.95. The summed E-state index contributed by atoms with van der Waals surface area (Å²) in [6.45, 7) is 36.3. The molecule has 8 heteroatoms. The Hall–Kier alpha value is -1.35. The Morgan fingerprint density at radius 3 is 0.930 bits per heavy atom. The SMILES string of the molecule is CC(C)(C)CN1c2ccccc2N(CC(C)(C)C)[Si]1(Cl)[Si]1(C(C)(C)Cl)N(CC(C)(C)C)c2ccccc2N1CC(C)(C)C. The molecule has 0 saturated heterocycles. The van der Waals surface area contributed by atoms with E-state index < -0.39 is 19.6 Å². The van der Waals surface area contributed by atoms with E-state index in [4.69, 9.17) is 22.7 Å². The summed E-state index contributed by atoms with van der Waals surface area (Å²) in [7, 11) is -6.39. The van der Waals surface area contributed by atoms with Crippen molar-refractivity contribution in [3.05, 3.63) is 48.5 Å². The highest BCUT2D eigenvalue weighted by Gasteiger charge is 2.81. The van der Waals surface area contributed by atoms with E-state index in [1.807, 2.05) is 0 Å². The Kier molecular flexibility index (Phi) is 8.74. The number of halogens is 2. The summed E-state index contributed by atoms with van der Waals surface area (Å²) in [6, 6.07) is 18.0. The first-order chi connectivity index (χ1) is 19.3. The molecule has 0 saturated carbocycles. The van der Waals surface area contributed by atoms with Crippen LogP contribution in [0.2, 0.25) is 0 Å². The molecule has 43 heavy (non-hydrogen) atoms. The number of benzene rings is 2. The second-order valence-electron chi connectivity index (χ2n) is 18.3. The molecule has 0 unspecified atom stereocenters. The van der Waals surface area contributed by atoms with E-state index in [0.29, 0.717) is 0 Å². The monoisotopic (exact) mass is 660 g/mol. The molecule has 0 N–H and O–H groups in total. The van der Waals surface area contributed by atoms with Crippen molar-refractivity contribution in [1.82, 2.24) is 0 Å². The van der Waals surface area contributed by atoms with Crippen LogP contribution in [0.4, 0.5) is 22.7 Å². The van der Waals surface area contributed by atoms with E-state index in [0.717, 1.165) is 26.2 Å². The lowest BCUT2D eigenvalue weighted by Gasteiger charge is -2.61. The maximum Gasteiger partial charge on any atom is 0.397 e. The number of rotatable bonds is 6. The van der Waals surface area contributed by atoms with Gasteiger partial charge in [-0.15, -0.1) is 22.7 Å². The molecule has 240 valence electrons. The molecule has 2 aliphatic heterocycles. The lowest BCUT2D eigenvalue weighted by atomic mass is 9.96. The van der Waals surface area contributed by atoms with Crippen molar-refractivity contribution in [2.45, 2.75) is 101 Å². The molecule has 0 fully saturated rings. The summed E-state index contributed by atoms with van der Waals surface area (Å²) in [4.78, 5) is 0. The fourth-order valence-electron chi connectivity index (χ4n) is 7.22. The zero-order valence-corrected chi connectivity index (χ0v) is 33.0. The molecule has 2 aromatic rings. The van der Waals surface area contributed by atoms with Crippen molar-refractivity contribution in [2.24, 2.45) is 21.7 Å². The predicted molar refractivity (Wildman–Crippen MR) is 197 cm³/mol. The van der Waals surface area contributed by atoms with E-state index in [1.54, 1.807) is 0 Å². The number of fused-ring (bicyclic) bond motifs is 2. The minimum atomic E-state index is -3.25. The van der Waals surface area contributed by atoms with Crippen molar-refractivity contribution in [1.29, 1.82) is 0 Å². The number of nitrogens with zero attached hydrogens (tertiary/aromatic N) is 4. The first kappa shape index (κ1) is 34.5. The second kappa shape index (κ2) is 10.9. The second-order valence-corrected chi connectivity index (χ2v) is 32.2. The van der Waals surface area contributed by atoms with Crippen LogP contribution in [0.3, 0.4) is 0 Å². The quantitative estimate of drug-likeness (QED) is 0.174. The minimum absolute atomic E-state index is 0.0270. The Morgan fingerprint density at radius 1 is 0.465 bits per heavy atom. The Balaban J connectivity index is 2.22. The number of para-hydroxylation sites is 4. The van der Waals surface area contributed by atoms with Gasteiger partial charge in [0.2, 0.25) is 0 Å². The van der Waals surface area contributed by atoms with Crippen LogP contribution in [0.5, 0.6) is 0 Å². The maximum absolute atomic E-state index is 8.95. The molecule has 2 aromatic carbocycles. The van der Waals surface area contributed by atoms with Crippen molar-refractivity contribution in [3.63, 3.8) is 0 Å². The van der Waals surface area contributed by atoms with Crippen LogP contribution < -0.4 is 18.3 Å². The molecule has 2 aliphatic rings. The lowest BCUT2D eigenvalue weighted by molar-refractivity contribution is 0.417. The van der Waals surface area contributed by atoms with Crippen molar-refractivity contribution < 1.29 is 0 Å². The molecule has 4 nitrogen and oxygen atoms in total. The van der Waals surface area contributed by atoms with E-state index >= 15 is 0 Å². The van der Waals surface area contributed by atoms with Gasteiger partial charge in [-0.05, 0) is 59.8 Å². The van der Waals surface area contributed by atoms with Gasteiger partial charge in [-0.3, -0.25) is 0 Å². The van der Waals surface area contributed by atoms with Crippen LogP contribution in [-0.4, -0.2) is 45.8 Å². The van der Waals surface area contributed by atoms with E-state index in [-0.39, 0.29) is 21.7 Å². The van der Waals surface area contributed by atoms with Gasteiger partial charge in [-0.2, -0.15) is 0 Å². The molecule has 2 heterocycles. The van der Waals surface area contributed by atoms with Gasteiger partial charge in [0.25, 0.3) is 0 Å². The van der Waals surface area contributed by atoms with Gasteiger partial charge in [-0.25, -0.2) is 0 Å². The molecule has 0 radical (unpaired) electrons. The standard InChI is InChI=1S/C35H58Cl2N4Si2/c1-31(2,3)23-38-27-19-15-16-20-28(27)39(24-32(4,5)6)42(38,35(13,14)36)43(37)40(25-33(7,8)9)29-21-17-18-22-30(29)41(43)26-34(10,11)12/h15-22H,23-26H2,1-14H3. The Morgan fingerprint density at radius 2 is 0.698 bits per heavy atom. The molecule has 0 spiro atoms. The summed E-state index contributed by atoms with van der Waals surface area (Å²) in [5.74, 6) is 0. The normalized spacial score (nSPS) is 18.8. The molecule has 0 aromatic heterocycles. The Bertz CT molecular complexity index is 1230. The summed E-state index contributed by atoms with van der Waals surface area (Å²) < 4.78 is 10.4. The highest BCUT2D eigenvalue weighted by Crippen LogP contribution is 2.60. The van der Waals surface area contributed by atoms with Crippen LogP contribution >= 0.6 is 22.7 Å². The van der Waals surface area contributed by atoms with Crippen molar-refractivity contribution >= 4 is 60.6 Å². The molecule has 0 aliphatic carbocycles. The van der Waals surface area contributed by atoms with Crippen LogP contribution in [0.25, 0.3) is 0 Å². The largest absolute Gasteiger partial charge is 0.397 e. The van der Waals surface area contributed by atoms with Gasteiger partial charge < -0.3 is 18.3 Å². The van der Waals surface area contributed by atoms with Gasteiger partial charge in [0.1, 0.15) is 0 Å². The smallest absolute Gasteiger partial charge is 0.376 e.